The summed E-state index contributed by atoms with van der Waals surface area (Å²) in [6.45, 7) is 0.733. The van der Waals surface area contributed by atoms with E-state index in [0.29, 0.717) is 25.9 Å². The van der Waals surface area contributed by atoms with Crippen LogP contribution >= 0.6 is 0 Å². The largest absolute Gasteiger partial charge is 0.480 e. The lowest BCUT2D eigenvalue weighted by Crippen LogP contribution is -2.45. The molecule has 2 amide bonds. The number of aliphatic carboxylic acids is 1. The molecule has 0 aliphatic heterocycles. The van der Waals surface area contributed by atoms with Gasteiger partial charge in [-0.1, -0.05) is 48.5 Å². The average molecular weight is 466 g/mol. The second kappa shape index (κ2) is 9.85. The number of benzene rings is 2. The second-order valence-electron chi connectivity index (χ2n) is 9.42. The van der Waals surface area contributed by atoms with Crippen LogP contribution in [0.3, 0.4) is 0 Å². The van der Waals surface area contributed by atoms with Gasteiger partial charge >= 0.3 is 12.1 Å². The summed E-state index contributed by atoms with van der Waals surface area (Å²) in [5.41, 5.74) is 3.94. The monoisotopic (exact) mass is 465 g/mol. The number of carboxylic acid groups (broad SMARTS) is 1. The molecule has 2 N–H and O–H groups in total. The predicted molar refractivity (Wildman–Crippen MR) is 128 cm³/mol. The van der Waals surface area contributed by atoms with E-state index in [1.54, 1.807) is 0 Å². The van der Waals surface area contributed by atoms with Crippen LogP contribution in [-0.4, -0.2) is 78.8 Å². The molecule has 0 saturated heterocycles. The summed E-state index contributed by atoms with van der Waals surface area (Å²) in [5, 5.41) is 12.1. The van der Waals surface area contributed by atoms with Crippen molar-refractivity contribution in [2.75, 3.05) is 40.3 Å². The number of rotatable bonds is 10. The van der Waals surface area contributed by atoms with E-state index >= 15 is 0 Å². The van der Waals surface area contributed by atoms with Crippen molar-refractivity contribution in [3.05, 3.63) is 59.7 Å². The third kappa shape index (κ3) is 5.39. The summed E-state index contributed by atoms with van der Waals surface area (Å²) in [5.74, 6) is -1.37. The van der Waals surface area contributed by atoms with Crippen molar-refractivity contribution in [2.24, 2.45) is 0 Å². The lowest BCUT2D eigenvalue weighted by molar-refractivity contribution is -0.144. The van der Waals surface area contributed by atoms with Crippen LogP contribution in [0, 0.1) is 0 Å². The fourth-order valence-electron chi connectivity index (χ4n) is 4.53. The normalized spacial score (nSPS) is 15.4. The predicted octanol–water partition coefficient (Wildman–Crippen LogP) is 2.92. The number of carbonyl (C=O) groups is 3. The molecule has 0 unspecified atom stereocenters. The molecule has 0 bridgehead atoms. The third-order valence-corrected chi connectivity index (χ3v) is 6.55. The van der Waals surface area contributed by atoms with Gasteiger partial charge in [0.25, 0.3) is 0 Å². The highest BCUT2D eigenvalue weighted by atomic mass is 16.5. The van der Waals surface area contributed by atoms with Crippen LogP contribution in [0.1, 0.15) is 36.3 Å². The summed E-state index contributed by atoms with van der Waals surface area (Å²) in [6.07, 6.45) is 0.845. The molecule has 0 radical (unpaired) electrons. The van der Waals surface area contributed by atoms with E-state index in [2.05, 4.69) is 29.6 Å². The van der Waals surface area contributed by atoms with Gasteiger partial charge in [0.1, 0.15) is 13.2 Å². The Morgan fingerprint density at radius 3 is 2.12 bits per heavy atom. The van der Waals surface area contributed by atoms with E-state index in [1.165, 1.54) is 4.90 Å². The highest BCUT2D eigenvalue weighted by Crippen LogP contribution is 2.44. The maximum atomic E-state index is 12.8. The van der Waals surface area contributed by atoms with Crippen LogP contribution in [0.15, 0.2) is 48.5 Å². The maximum Gasteiger partial charge on any atom is 0.407 e. The van der Waals surface area contributed by atoms with E-state index < -0.39 is 17.6 Å². The topological polar surface area (TPSA) is 99.2 Å². The quantitative estimate of drug-likeness (QED) is 0.560. The zero-order chi connectivity index (χ0) is 24.3. The van der Waals surface area contributed by atoms with Crippen LogP contribution in [0.4, 0.5) is 4.79 Å². The van der Waals surface area contributed by atoms with Gasteiger partial charge in [0.15, 0.2) is 0 Å². The van der Waals surface area contributed by atoms with Gasteiger partial charge in [-0.25, -0.2) is 4.79 Å². The number of carbonyl (C=O) groups excluding carboxylic acids is 2. The Balaban J connectivity index is 1.35. The average Bonchev–Trinajstić information content (AvgIpc) is 3.47. The molecule has 1 fully saturated rings. The minimum absolute atomic E-state index is 0.0352. The standard InChI is InChI=1S/C26H31N3O5/c1-28(2)13-14-29(16-24(31)32)23(30)15-26(11-12-26)27-25(33)34-17-22-20-9-5-3-7-18(20)19-8-4-6-10-21(19)22/h3-10,22H,11-17H2,1-2H3,(H,27,33)(H,31,32). The van der Waals surface area contributed by atoms with Crippen molar-refractivity contribution in [1.29, 1.82) is 0 Å². The maximum absolute atomic E-state index is 12.8. The van der Waals surface area contributed by atoms with Gasteiger partial charge in [0.2, 0.25) is 5.91 Å². The molecule has 2 aliphatic carbocycles. The molecular weight excluding hydrogens is 434 g/mol. The van der Waals surface area contributed by atoms with Gasteiger partial charge in [-0.2, -0.15) is 0 Å². The Bertz CT molecular complexity index is 1030. The summed E-state index contributed by atoms with van der Waals surface area (Å²) >= 11 is 0. The molecule has 0 heterocycles. The molecule has 2 aromatic rings. The second-order valence-corrected chi connectivity index (χ2v) is 9.42. The fraction of sp³-hybridized carbons (Fsp3) is 0.423. The number of nitrogens with zero attached hydrogens (tertiary/aromatic N) is 2. The molecule has 34 heavy (non-hydrogen) atoms. The van der Waals surface area contributed by atoms with Gasteiger partial charge in [-0.05, 0) is 49.2 Å². The third-order valence-electron chi connectivity index (χ3n) is 6.55. The molecule has 4 rings (SSSR count). The molecule has 2 aliphatic rings. The molecule has 180 valence electrons. The number of amides is 2. The molecule has 8 nitrogen and oxygen atoms in total. The lowest BCUT2D eigenvalue weighted by atomic mass is 9.98. The minimum Gasteiger partial charge on any atom is -0.480 e. The molecule has 8 heteroatoms. The van der Waals surface area contributed by atoms with Gasteiger partial charge in [0, 0.05) is 19.0 Å². The van der Waals surface area contributed by atoms with Crippen molar-refractivity contribution < 1.29 is 24.2 Å². The van der Waals surface area contributed by atoms with Crippen LogP contribution in [0.2, 0.25) is 0 Å². The first-order valence-electron chi connectivity index (χ1n) is 11.6. The highest BCUT2D eigenvalue weighted by Gasteiger charge is 2.47. The number of nitrogens with one attached hydrogen (secondary N) is 1. The van der Waals surface area contributed by atoms with Crippen molar-refractivity contribution in [2.45, 2.75) is 30.7 Å². The highest BCUT2D eigenvalue weighted by molar-refractivity contribution is 5.83. The van der Waals surface area contributed by atoms with Gasteiger partial charge in [-0.3, -0.25) is 9.59 Å². The van der Waals surface area contributed by atoms with Crippen molar-refractivity contribution in [3.8, 4) is 11.1 Å². The molecular formula is C26H31N3O5. The van der Waals surface area contributed by atoms with Crippen LogP contribution in [0.5, 0.6) is 0 Å². The number of hydrogen-bond acceptors (Lipinski definition) is 5. The number of ether oxygens (including phenoxy) is 1. The minimum atomic E-state index is -1.05. The van der Waals surface area contributed by atoms with Gasteiger partial charge in [0.05, 0.1) is 12.0 Å². The Morgan fingerprint density at radius 1 is 1.00 bits per heavy atom. The van der Waals surface area contributed by atoms with E-state index in [4.69, 9.17) is 4.74 Å². The molecule has 0 aromatic heterocycles. The Labute approximate surface area is 199 Å². The van der Waals surface area contributed by atoms with Gasteiger partial charge < -0.3 is 25.0 Å². The van der Waals surface area contributed by atoms with Gasteiger partial charge in [-0.15, -0.1) is 0 Å². The number of fused-ring (bicyclic) bond motifs is 3. The van der Waals surface area contributed by atoms with E-state index in [1.807, 2.05) is 43.3 Å². The summed E-state index contributed by atoms with van der Waals surface area (Å²) in [4.78, 5) is 39.9. The van der Waals surface area contributed by atoms with Crippen LogP contribution < -0.4 is 5.32 Å². The van der Waals surface area contributed by atoms with E-state index in [9.17, 15) is 19.5 Å². The Morgan fingerprint density at radius 2 is 1.59 bits per heavy atom. The van der Waals surface area contributed by atoms with Crippen molar-refractivity contribution >= 4 is 18.0 Å². The molecule has 0 spiro atoms. The Kier molecular flexibility index (Phi) is 6.88. The first-order valence-corrected chi connectivity index (χ1v) is 11.6. The smallest absolute Gasteiger partial charge is 0.407 e. The first kappa shape index (κ1) is 23.8. The van der Waals surface area contributed by atoms with Crippen molar-refractivity contribution in [1.82, 2.24) is 15.1 Å². The van der Waals surface area contributed by atoms with E-state index in [0.717, 1.165) is 22.3 Å². The first-order chi connectivity index (χ1) is 16.3. The Hall–Kier alpha value is -3.39. The number of hydrogen-bond donors (Lipinski definition) is 2. The zero-order valence-electron chi connectivity index (χ0n) is 19.6. The summed E-state index contributed by atoms with van der Waals surface area (Å²) in [7, 11) is 3.73. The molecule has 2 aromatic carbocycles. The van der Waals surface area contributed by atoms with E-state index in [-0.39, 0.29) is 31.4 Å². The number of alkyl carbamates (subject to hydrolysis) is 1. The number of likely N-dealkylation sites (N-methyl/N-ethyl adjacent to an activating group) is 1. The lowest BCUT2D eigenvalue weighted by Gasteiger charge is -2.25. The van der Waals surface area contributed by atoms with Crippen LogP contribution in [0.25, 0.3) is 11.1 Å². The molecule has 1 saturated carbocycles. The molecule has 0 atom stereocenters. The van der Waals surface area contributed by atoms with Crippen LogP contribution in [-0.2, 0) is 14.3 Å². The fourth-order valence-corrected chi connectivity index (χ4v) is 4.53. The van der Waals surface area contributed by atoms with Crippen molar-refractivity contribution in [3.63, 3.8) is 0 Å². The summed E-state index contributed by atoms with van der Waals surface area (Å²) < 4.78 is 5.63. The number of carboxylic acids is 1. The zero-order valence-corrected chi connectivity index (χ0v) is 19.6. The SMILES string of the molecule is CN(C)CCN(CC(=O)O)C(=O)CC1(NC(=O)OCC2c3ccccc3-c3ccccc32)CC1. The summed E-state index contributed by atoms with van der Waals surface area (Å²) in [6, 6.07) is 16.3.